The molecule has 1 aromatic heterocycles. The molecular formula is C13H12N6O2. The molecule has 0 amide bonds. The van der Waals surface area contributed by atoms with Crippen LogP contribution in [0.5, 0.6) is 0 Å². The number of nitro groups is 1. The van der Waals surface area contributed by atoms with E-state index in [0.717, 1.165) is 5.56 Å². The minimum atomic E-state index is -0.498. The molecule has 0 aliphatic heterocycles. The largest absolute Gasteiger partial charge is 0.335 e. The Bertz CT molecular complexity index is 739. The van der Waals surface area contributed by atoms with Crippen molar-refractivity contribution < 1.29 is 4.92 Å². The standard InChI is InChI=1S/C13H12N6O2/c1-9-12(19(20)21)13(18(2)17-9)16-15-8-11-5-3-10(7-14)4-6-11/h3-6,8,16H,1-2H3/b15-8-. The smallest absolute Gasteiger partial charge is 0.258 e. The highest BCUT2D eigenvalue weighted by Gasteiger charge is 2.23. The minimum absolute atomic E-state index is 0.102. The van der Waals surface area contributed by atoms with E-state index in [1.807, 2.05) is 6.07 Å². The van der Waals surface area contributed by atoms with Crippen molar-refractivity contribution in [2.24, 2.45) is 12.1 Å². The number of benzene rings is 1. The lowest BCUT2D eigenvalue weighted by molar-refractivity contribution is -0.384. The molecule has 0 bridgehead atoms. The molecule has 0 unspecified atom stereocenters. The molecule has 2 aromatic rings. The molecule has 8 heteroatoms. The van der Waals surface area contributed by atoms with Gasteiger partial charge in [-0.15, -0.1) is 0 Å². The zero-order chi connectivity index (χ0) is 15.4. The van der Waals surface area contributed by atoms with E-state index < -0.39 is 4.92 Å². The fraction of sp³-hybridized carbons (Fsp3) is 0.154. The Hall–Kier alpha value is -3.21. The van der Waals surface area contributed by atoms with Crippen LogP contribution in [-0.4, -0.2) is 20.9 Å². The van der Waals surface area contributed by atoms with Gasteiger partial charge in [-0.3, -0.25) is 15.5 Å². The maximum absolute atomic E-state index is 11.0. The molecule has 0 saturated carbocycles. The predicted molar refractivity (Wildman–Crippen MR) is 77.0 cm³/mol. The molecule has 0 radical (unpaired) electrons. The highest BCUT2D eigenvalue weighted by Crippen LogP contribution is 2.26. The first kappa shape index (κ1) is 14.2. The summed E-state index contributed by atoms with van der Waals surface area (Å²) in [4.78, 5) is 10.5. The SMILES string of the molecule is Cc1nn(C)c(N/N=C\c2ccc(C#N)cc2)c1[N+](=O)[O-]. The van der Waals surface area contributed by atoms with E-state index >= 15 is 0 Å². The van der Waals surface area contributed by atoms with Crippen molar-refractivity contribution in [2.45, 2.75) is 6.92 Å². The molecule has 0 spiro atoms. The number of aromatic nitrogens is 2. The number of nitriles is 1. The fourth-order valence-electron chi connectivity index (χ4n) is 1.80. The van der Waals surface area contributed by atoms with Gasteiger partial charge in [-0.25, -0.2) is 4.68 Å². The maximum atomic E-state index is 11.0. The molecule has 1 heterocycles. The molecule has 8 nitrogen and oxygen atoms in total. The highest BCUT2D eigenvalue weighted by atomic mass is 16.6. The van der Waals surface area contributed by atoms with Gasteiger partial charge in [0, 0.05) is 7.05 Å². The first-order chi connectivity index (χ1) is 10.0. The minimum Gasteiger partial charge on any atom is -0.258 e. The molecule has 0 atom stereocenters. The zero-order valence-corrected chi connectivity index (χ0v) is 11.4. The van der Waals surface area contributed by atoms with Gasteiger partial charge in [0.15, 0.2) is 0 Å². The molecular weight excluding hydrogens is 272 g/mol. The monoisotopic (exact) mass is 284 g/mol. The Morgan fingerprint density at radius 2 is 2.14 bits per heavy atom. The van der Waals surface area contributed by atoms with Crippen LogP contribution in [0.15, 0.2) is 29.4 Å². The fourth-order valence-corrected chi connectivity index (χ4v) is 1.80. The van der Waals surface area contributed by atoms with E-state index in [9.17, 15) is 10.1 Å². The normalized spacial score (nSPS) is 10.5. The lowest BCUT2D eigenvalue weighted by Crippen LogP contribution is -2.01. The van der Waals surface area contributed by atoms with Crippen molar-refractivity contribution in [3.63, 3.8) is 0 Å². The molecule has 0 fully saturated rings. The second-order valence-electron chi connectivity index (χ2n) is 4.27. The average molecular weight is 284 g/mol. The van der Waals surface area contributed by atoms with Gasteiger partial charge in [0.2, 0.25) is 5.82 Å². The molecule has 0 saturated heterocycles. The van der Waals surface area contributed by atoms with Crippen LogP contribution >= 0.6 is 0 Å². The Kier molecular flexibility index (Phi) is 3.95. The van der Waals surface area contributed by atoms with Crippen molar-refractivity contribution in [1.29, 1.82) is 5.26 Å². The summed E-state index contributed by atoms with van der Waals surface area (Å²) in [6.07, 6.45) is 1.51. The Labute approximate surface area is 120 Å². The zero-order valence-electron chi connectivity index (χ0n) is 11.4. The lowest BCUT2D eigenvalue weighted by atomic mass is 10.2. The third kappa shape index (κ3) is 3.03. The average Bonchev–Trinajstić information content (AvgIpc) is 2.74. The Morgan fingerprint density at radius 3 is 2.71 bits per heavy atom. The van der Waals surface area contributed by atoms with Crippen molar-refractivity contribution in [3.8, 4) is 6.07 Å². The summed E-state index contributed by atoms with van der Waals surface area (Å²) in [6, 6.07) is 8.81. The van der Waals surface area contributed by atoms with Crippen LogP contribution in [0, 0.1) is 28.4 Å². The topological polar surface area (TPSA) is 109 Å². The summed E-state index contributed by atoms with van der Waals surface area (Å²) < 4.78 is 1.36. The van der Waals surface area contributed by atoms with Gasteiger partial charge < -0.3 is 0 Å². The van der Waals surface area contributed by atoms with Gasteiger partial charge in [0.1, 0.15) is 5.69 Å². The van der Waals surface area contributed by atoms with Crippen LogP contribution in [0.3, 0.4) is 0 Å². The van der Waals surface area contributed by atoms with Crippen molar-refractivity contribution in [2.75, 3.05) is 5.43 Å². The number of hydrogen-bond donors (Lipinski definition) is 1. The van der Waals surface area contributed by atoms with Crippen LogP contribution in [0.25, 0.3) is 0 Å². The number of nitrogens with one attached hydrogen (secondary N) is 1. The summed E-state index contributed by atoms with van der Waals surface area (Å²) in [7, 11) is 1.60. The first-order valence-electron chi connectivity index (χ1n) is 6.00. The number of rotatable bonds is 4. The van der Waals surface area contributed by atoms with E-state index in [0.29, 0.717) is 11.3 Å². The quantitative estimate of drug-likeness (QED) is 0.524. The van der Waals surface area contributed by atoms with Gasteiger partial charge in [-0.05, 0) is 24.6 Å². The molecule has 2 rings (SSSR count). The summed E-state index contributed by atoms with van der Waals surface area (Å²) in [5.74, 6) is 0.211. The number of anilines is 1. The summed E-state index contributed by atoms with van der Waals surface area (Å²) >= 11 is 0. The van der Waals surface area contributed by atoms with Gasteiger partial charge >= 0.3 is 5.69 Å². The summed E-state index contributed by atoms with van der Waals surface area (Å²) in [6.45, 7) is 1.56. The van der Waals surface area contributed by atoms with Crippen LogP contribution in [0.4, 0.5) is 11.5 Å². The maximum Gasteiger partial charge on any atom is 0.335 e. The van der Waals surface area contributed by atoms with Crippen LogP contribution in [0.2, 0.25) is 0 Å². The summed E-state index contributed by atoms with van der Waals surface area (Å²) in [5, 5.41) is 27.6. The third-order valence-electron chi connectivity index (χ3n) is 2.80. The second-order valence-corrected chi connectivity index (χ2v) is 4.27. The Balaban J connectivity index is 2.18. The van der Waals surface area contributed by atoms with Gasteiger partial charge in [-0.2, -0.15) is 15.5 Å². The molecule has 1 N–H and O–H groups in total. The van der Waals surface area contributed by atoms with Crippen molar-refractivity contribution in [1.82, 2.24) is 9.78 Å². The second kappa shape index (κ2) is 5.83. The molecule has 21 heavy (non-hydrogen) atoms. The lowest BCUT2D eigenvalue weighted by Gasteiger charge is -1.99. The third-order valence-corrected chi connectivity index (χ3v) is 2.80. The first-order valence-corrected chi connectivity index (χ1v) is 6.00. The molecule has 0 aliphatic carbocycles. The van der Waals surface area contributed by atoms with E-state index in [2.05, 4.69) is 15.6 Å². The number of nitrogens with zero attached hydrogens (tertiary/aromatic N) is 5. The van der Waals surface area contributed by atoms with Gasteiger partial charge in [-0.1, -0.05) is 12.1 Å². The molecule has 1 aromatic carbocycles. The number of hydrogen-bond acceptors (Lipinski definition) is 6. The molecule has 0 aliphatic rings. The van der Waals surface area contributed by atoms with Crippen molar-refractivity contribution >= 4 is 17.7 Å². The summed E-state index contributed by atoms with van der Waals surface area (Å²) in [5.41, 5.74) is 4.16. The van der Waals surface area contributed by atoms with E-state index in [4.69, 9.17) is 5.26 Å². The number of hydrazone groups is 1. The van der Waals surface area contributed by atoms with E-state index in [1.165, 1.54) is 10.9 Å². The van der Waals surface area contributed by atoms with Crippen molar-refractivity contribution in [3.05, 3.63) is 51.2 Å². The van der Waals surface area contributed by atoms with Gasteiger partial charge in [0.05, 0.1) is 22.8 Å². The van der Waals surface area contributed by atoms with Crippen LogP contribution in [-0.2, 0) is 7.05 Å². The van der Waals surface area contributed by atoms with E-state index in [1.54, 1.807) is 38.2 Å². The molecule has 106 valence electrons. The highest BCUT2D eigenvalue weighted by molar-refractivity contribution is 5.80. The van der Waals surface area contributed by atoms with Crippen LogP contribution in [0.1, 0.15) is 16.8 Å². The number of aryl methyl sites for hydroxylation is 2. The predicted octanol–water partition coefficient (Wildman–Crippen LogP) is 1.95. The Morgan fingerprint density at radius 1 is 1.48 bits per heavy atom. The van der Waals surface area contributed by atoms with Crippen LogP contribution < -0.4 is 5.43 Å². The van der Waals surface area contributed by atoms with E-state index in [-0.39, 0.29) is 11.5 Å². The van der Waals surface area contributed by atoms with Gasteiger partial charge in [0.25, 0.3) is 0 Å².